The molecule has 0 spiro atoms. The summed E-state index contributed by atoms with van der Waals surface area (Å²) in [4.78, 5) is 15.6. The second-order valence-corrected chi connectivity index (χ2v) is 6.24. The number of amides is 1. The quantitative estimate of drug-likeness (QED) is 0.774. The highest BCUT2D eigenvalue weighted by Gasteiger charge is 2.43. The first-order valence-corrected chi connectivity index (χ1v) is 7.31. The van der Waals surface area contributed by atoms with Crippen molar-refractivity contribution in [3.05, 3.63) is 29.3 Å². The number of benzene rings is 1. The van der Waals surface area contributed by atoms with Crippen molar-refractivity contribution in [2.75, 3.05) is 0 Å². The number of aliphatic hydroxyl groups is 1. The van der Waals surface area contributed by atoms with E-state index in [-0.39, 0.29) is 24.1 Å². The molecule has 2 fully saturated rings. The van der Waals surface area contributed by atoms with Gasteiger partial charge in [0, 0.05) is 22.5 Å². The van der Waals surface area contributed by atoms with Crippen molar-refractivity contribution in [2.45, 2.75) is 55.7 Å². The molecule has 1 N–H and O–H groups in total. The fourth-order valence-electron chi connectivity index (χ4n) is 3.46. The smallest absolute Gasteiger partial charge is 0.254 e. The molecular formula is C15H19NO2S. The summed E-state index contributed by atoms with van der Waals surface area (Å²) in [6.45, 7) is 1.96. The van der Waals surface area contributed by atoms with E-state index in [9.17, 15) is 9.90 Å². The molecule has 2 atom stereocenters. The SMILES string of the molecule is Cc1ccc(S)cc1C(=O)N1C2CCC1CC(O)C2. The third kappa shape index (κ3) is 2.28. The largest absolute Gasteiger partial charge is 0.393 e. The Hall–Kier alpha value is -1.00. The summed E-state index contributed by atoms with van der Waals surface area (Å²) in [6, 6.07) is 6.12. The summed E-state index contributed by atoms with van der Waals surface area (Å²) in [5, 5.41) is 9.81. The van der Waals surface area contributed by atoms with E-state index in [4.69, 9.17) is 0 Å². The van der Waals surface area contributed by atoms with Gasteiger partial charge in [0.25, 0.3) is 5.91 Å². The standard InChI is InChI=1S/C15H19NO2S/c1-9-2-5-13(19)8-14(9)15(18)16-10-3-4-11(16)7-12(17)6-10/h2,5,8,10-12,17,19H,3-4,6-7H2,1H3. The molecule has 2 saturated heterocycles. The molecule has 0 aliphatic carbocycles. The molecular weight excluding hydrogens is 258 g/mol. The fourth-order valence-corrected chi connectivity index (χ4v) is 3.66. The maximum absolute atomic E-state index is 12.8. The van der Waals surface area contributed by atoms with Gasteiger partial charge >= 0.3 is 0 Å². The molecule has 3 rings (SSSR count). The lowest BCUT2D eigenvalue weighted by Gasteiger charge is -2.37. The molecule has 2 unspecified atom stereocenters. The molecule has 2 bridgehead atoms. The summed E-state index contributed by atoms with van der Waals surface area (Å²) in [7, 11) is 0. The minimum absolute atomic E-state index is 0.104. The summed E-state index contributed by atoms with van der Waals surface area (Å²) < 4.78 is 0. The van der Waals surface area contributed by atoms with Gasteiger partial charge in [0.1, 0.15) is 0 Å². The molecule has 19 heavy (non-hydrogen) atoms. The first-order valence-electron chi connectivity index (χ1n) is 6.86. The van der Waals surface area contributed by atoms with Crippen molar-refractivity contribution in [1.29, 1.82) is 0 Å². The van der Waals surface area contributed by atoms with Crippen LogP contribution in [-0.2, 0) is 0 Å². The first kappa shape index (κ1) is 13.0. The Kier molecular flexibility index (Phi) is 3.31. The van der Waals surface area contributed by atoms with Crippen molar-refractivity contribution in [1.82, 2.24) is 4.90 Å². The number of piperidine rings is 1. The molecule has 2 heterocycles. The van der Waals surface area contributed by atoms with Crippen LogP contribution < -0.4 is 0 Å². The Morgan fingerprint density at radius 3 is 2.58 bits per heavy atom. The average Bonchev–Trinajstić information content (AvgIpc) is 2.64. The van der Waals surface area contributed by atoms with Crippen molar-refractivity contribution in [3.63, 3.8) is 0 Å². The zero-order valence-corrected chi connectivity index (χ0v) is 11.9. The van der Waals surface area contributed by atoms with Crippen molar-refractivity contribution in [3.8, 4) is 0 Å². The fraction of sp³-hybridized carbons (Fsp3) is 0.533. The number of aryl methyl sites for hydroxylation is 1. The van der Waals surface area contributed by atoms with Crippen LogP contribution in [-0.4, -0.2) is 34.1 Å². The van der Waals surface area contributed by atoms with Crippen LogP contribution in [0, 0.1) is 6.92 Å². The van der Waals surface area contributed by atoms with Crippen LogP contribution in [0.3, 0.4) is 0 Å². The molecule has 102 valence electrons. The molecule has 3 nitrogen and oxygen atoms in total. The third-order valence-corrected chi connectivity index (χ3v) is 4.67. The van der Waals surface area contributed by atoms with Crippen LogP contribution in [0.25, 0.3) is 0 Å². The van der Waals surface area contributed by atoms with Crippen LogP contribution in [0.2, 0.25) is 0 Å². The zero-order valence-electron chi connectivity index (χ0n) is 11.0. The average molecular weight is 277 g/mol. The van der Waals surface area contributed by atoms with Crippen LogP contribution >= 0.6 is 12.6 Å². The molecule has 0 radical (unpaired) electrons. The van der Waals surface area contributed by atoms with Crippen molar-refractivity contribution in [2.24, 2.45) is 0 Å². The maximum atomic E-state index is 12.8. The summed E-state index contributed by atoms with van der Waals surface area (Å²) in [5.41, 5.74) is 1.74. The predicted octanol–water partition coefficient (Wildman–Crippen LogP) is 2.41. The number of fused-ring (bicyclic) bond motifs is 2. The molecule has 1 aromatic carbocycles. The van der Waals surface area contributed by atoms with E-state index in [1.165, 1.54) is 0 Å². The van der Waals surface area contributed by atoms with Gasteiger partial charge < -0.3 is 10.0 Å². The Balaban J connectivity index is 1.90. The topological polar surface area (TPSA) is 40.5 Å². The highest BCUT2D eigenvalue weighted by molar-refractivity contribution is 7.80. The van der Waals surface area contributed by atoms with Gasteiger partial charge in [0.05, 0.1) is 6.10 Å². The Labute approximate surface area is 119 Å². The number of aliphatic hydroxyl groups excluding tert-OH is 1. The van der Waals surface area contributed by atoms with Crippen LogP contribution in [0.5, 0.6) is 0 Å². The molecule has 0 saturated carbocycles. The van der Waals surface area contributed by atoms with Crippen molar-refractivity contribution < 1.29 is 9.90 Å². The zero-order chi connectivity index (χ0) is 13.6. The lowest BCUT2D eigenvalue weighted by molar-refractivity contribution is 0.0286. The highest BCUT2D eigenvalue weighted by Crippen LogP contribution is 2.37. The minimum atomic E-state index is -0.237. The van der Waals surface area contributed by atoms with E-state index in [2.05, 4.69) is 12.6 Å². The lowest BCUT2D eigenvalue weighted by atomic mass is 9.98. The molecule has 4 heteroatoms. The Morgan fingerprint density at radius 1 is 1.32 bits per heavy atom. The number of thiol groups is 1. The molecule has 1 amide bonds. The Bertz CT molecular complexity index is 503. The predicted molar refractivity (Wildman–Crippen MR) is 76.7 cm³/mol. The normalized spacial score (nSPS) is 29.6. The minimum Gasteiger partial charge on any atom is -0.393 e. The van der Waals surface area contributed by atoms with E-state index in [1.807, 2.05) is 30.0 Å². The van der Waals surface area contributed by atoms with Gasteiger partial charge in [0.2, 0.25) is 0 Å². The number of rotatable bonds is 1. The summed E-state index contributed by atoms with van der Waals surface area (Å²) >= 11 is 4.32. The number of carbonyl (C=O) groups is 1. The van der Waals surface area contributed by atoms with Crippen LogP contribution in [0.1, 0.15) is 41.6 Å². The second kappa shape index (κ2) is 4.84. The monoisotopic (exact) mass is 277 g/mol. The van der Waals surface area contributed by atoms with E-state index in [0.29, 0.717) is 0 Å². The van der Waals surface area contributed by atoms with Gasteiger partial charge in [-0.25, -0.2) is 0 Å². The number of hydrogen-bond acceptors (Lipinski definition) is 3. The van der Waals surface area contributed by atoms with Gasteiger partial charge in [0.15, 0.2) is 0 Å². The van der Waals surface area contributed by atoms with Crippen molar-refractivity contribution >= 4 is 18.5 Å². The van der Waals surface area contributed by atoms with E-state index in [0.717, 1.165) is 41.7 Å². The van der Waals surface area contributed by atoms with Gasteiger partial charge in [-0.1, -0.05) is 6.07 Å². The van der Waals surface area contributed by atoms with Gasteiger partial charge in [-0.05, 0) is 50.3 Å². The van der Waals surface area contributed by atoms with Gasteiger partial charge in [-0.2, -0.15) is 0 Å². The van der Waals surface area contributed by atoms with E-state index < -0.39 is 0 Å². The summed E-state index contributed by atoms with van der Waals surface area (Å²) in [5.74, 6) is 0.104. The summed E-state index contributed by atoms with van der Waals surface area (Å²) in [6.07, 6.45) is 3.25. The maximum Gasteiger partial charge on any atom is 0.254 e. The molecule has 2 aliphatic rings. The Morgan fingerprint density at radius 2 is 1.95 bits per heavy atom. The first-order chi connectivity index (χ1) is 9.06. The molecule has 1 aromatic rings. The number of hydrogen-bond donors (Lipinski definition) is 2. The van der Waals surface area contributed by atoms with Crippen LogP contribution in [0.4, 0.5) is 0 Å². The van der Waals surface area contributed by atoms with Crippen LogP contribution in [0.15, 0.2) is 23.1 Å². The van der Waals surface area contributed by atoms with E-state index in [1.54, 1.807) is 0 Å². The third-order valence-electron chi connectivity index (χ3n) is 4.39. The number of nitrogens with zero attached hydrogens (tertiary/aromatic N) is 1. The van der Waals surface area contributed by atoms with E-state index >= 15 is 0 Å². The van der Waals surface area contributed by atoms with Gasteiger partial charge in [-0.3, -0.25) is 4.79 Å². The number of carbonyl (C=O) groups excluding carboxylic acids is 1. The molecule has 2 aliphatic heterocycles. The second-order valence-electron chi connectivity index (χ2n) is 5.72. The van der Waals surface area contributed by atoms with Gasteiger partial charge in [-0.15, -0.1) is 12.6 Å². The highest BCUT2D eigenvalue weighted by atomic mass is 32.1. The lowest BCUT2D eigenvalue weighted by Crippen LogP contribution is -2.48. The molecule has 0 aromatic heterocycles.